The van der Waals surface area contributed by atoms with Crippen LogP contribution >= 0.6 is 0 Å². The van der Waals surface area contributed by atoms with Crippen LogP contribution in [0.15, 0.2) is 4.99 Å². The molecule has 2 heteroatoms. The Morgan fingerprint density at radius 1 is 1.62 bits per heavy atom. The van der Waals surface area contributed by atoms with Crippen LogP contribution in [0.25, 0.3) is 0 Å². The summed E-state index contributed by atoms with van der Waals surface area (Å²) in [4.78, 5) is 3.90. The van der Waals surface area contributed by atoms with Gasteiger partial charge in [-0.15, -0.1) is 0 Å². The Morgan fingerprint density at radius 3 is 2.62 bits per heavy atom. The molecular formula is C6H11NY-2. The van der Waals surface area contributed by atoms with Crippen LogP contribution in [0.5, 0.6) is 0 Å². The molecule has 0 spiro atoms. The summed E-state index contributed by atoms with van der Waals surface area (Å²) in [6.45, 7) is 6.47. The molecule has 0 aromatic rings. The second-order valence-electron chi connectivity index (χ2n) is 1.25. The second-order valence-corrected chi connectivity index (χ2v) is 1.25. The molecule has 1 nitrogen and oxygen atoms in total. The summed E-state index contributed by atoms with van der Waals surface area (Å²) in [6, 6.07) is 0. The first-order valence-corrected chi connectivity index (χ1v) is 2.60. The van der Waals surface area contributed by atoms with E-state index < -0.39 is 0 Å². The summed E-state index contributed by atoms with van der Waals surface area (Å²) in [7, 11) is 0. The van der Waals surface area contributed by atoms with E-state index in [0.717, 1.165) is 19.4 Å². The van der Waals surface area contributed by atoms with Crippen LogP contribution in [0, 0.1) is 6.92 Å². The molecule has 0 heterocycles. The predicted molar refractivity (Wildman–Crippen MR) is 32.6 cm³/mol. The largest absolute Gasteiger partial charge is 0.505 e. The Hall–Kier alpha value is 0.774. The zero-order valence-corrected chi connectivity index (χ0v) is 8.19. The average Bonchev–Trinajstić information content (AvgIpc) is 1.69. The first-order valence-electron chi connectivity index (χ1n) is 2.60. The fraction of sp³-hybridized carbons (Fsp3) is 0.667. The van der Waals surface area contributed by atoms with Crippen molar-refractivity contribution in [3.8, 4) is 0 Å². The van der Waals surface area contributed by atoms with Gasteiger partial charge < -0.3 is 18.1 Å². The Balaban J connectivity index is 0. The zero-order chi connectivity index (χ0) is 5.54. The van der Waals surface area contributed by atoms with E-state index in [1.54, 1.807) is 0 Å². The predicted octanol–water partition coefficient (Wildman–Crippen LogP) is 1.57. The second kappa shape index (κ2) is 10.7. The van der Waals surface area contributed by atoms with Gasteiger partial charge in [-0.3, -0.25) is 0 Å². The molecule has 0 atom stereocenters. The van der Waals surface area contributed by atoms with Crippen molar-refractivity contribution in [2.45, 2.75) is 19.8 Å². The summed E-state index contributed by atoms with van der Waals surface area (Å²) in [5, 5.41) is 0. The molecule has 0 rings (SSSR count). The minimum absolute atomic E-state index is 0. The average molecular weight is 186 g/mol. The van der Waals surface area contributed by atoms with E-state index in [2.05, 4.69) is 18.1 Å². The van der Waals surface area contributed by atoms with Crippen molar-refractivity contribution in [2.24, 2.45) is 4.99 Å². The van der Waals surface area contributed by atoms with E-state index in [-0.39, 0.29) is 32.7 Å². The van der Waals surface area contributed by atoms with Crippen molar-refractivity contribution < 1.29 is 32.7 Å². The molecular weight excluding hydrogens is 175 g/mol. The van der Waals surface area contributed by atoms with Crippen LogP contribution in [0.4, 0.5) is 0 Å². The van der Waals surface area contributed by atoms with Gasteiger partial charge in [-0.25, -0.2) is 0 Å². The van der Waals surface area contributed by atoms with Gasteiger partial charge in [0.1, 0.15) is 0 Å². The maximum Gasteiger partial charge on any atom is 0 e. The van der Waals surface area contributed by atoms with Crippen LogP contribution < -0.4 is 0 Å². The topological polar surface area (TPSA) is 12.4 Å². The molecule has 0 unspecified atom stereocenters. The number of hydrogen-bond acceptors (Lipinski definition) is 1. The summed E-state index contributed by atoms with van der Waals surface area (Å²) >= 11 is 0. The minimum atomic E-state index is 0. The van der Waals surface area contributed by atoms with E-state index in [1.165, 1.54) is 0 Å². The third-order valence-electron chi connectivity index (χ3n) is 0.540. The van der Waals surface area contributed by atoms with Gasteiger partial charge in [0.2, 0.25) is 0 Å². The fourth-order valence-electron chi connectivity index (χ4n) is 0.270. The molecule has 0 bridgehead atoms. The number of hydrogen-bond donors (Lipinski definition) is 0. The normalized spacial score (nSPS) is 9.25. The first kappa shape index (κ1) is 11.6. The van der Waals surface area contributed by atoms with Crippen molar-refractivity contribution in [3.63, 3.8) is 0 Å². The van der Waals surface area contributed by atoms with Crippen LogP contribution in [0.2, 0.25) is 0 Å². The van der Waals surface area contributed by atoms with Crippen LogP contribution in [-0.2, 0) is 32.7 Å². The molecule has 0 aliphatic carbocycles. The number of rotatable bonds is 3. The summed E-state index contributed by atoms with van der Waals surface area (Å²) < 4.78 is 0. The van der Waals surface area contributed by atoms with Crippen LogP contribution in [-0.4, -0.2) is 12.8 Å². The standard InChI is InChI=1S/C6H11N.Y/c1-3-5-7-6-4-2;/h1,3-5H2,2H3;/q-2;. The van der Waals surface area contributed by atoms with Gasteiger partial charge in [-0.05, 0) is 6.54 Å². The van der Waals surface area contributed by atoms with Crippen LogP contribution in [0.1, 0.15) is 19.8 Å². The van der Waals surface area contributed by atoms with Crippen LogP contribution in [0.3, 0.4) is 0 Å². The molecule has 0 fully saturated rings. The third-order valence-corrected chi connectivity index (χ3v) is 0.540. The van der Waals surface area contributed by atoms with Gasteiger partial charge in [0, 0.05) is 32.7 Å². The Bertz CT molecular complexity index is 52.5. The Kier molecular flexibility index (Phi) is 15.5. The SMILES string of the molecule is [CH2-]CCN=[C-]CC.[Y]. The van der Waals surface area contributed by atoms with Gasteiger partial charge in [0.05, 0.1) is 0 Å². The van der Waals surface area contributed by atoms with E-state index in [9.17, 15) is 0 Å². The summed E-state index contributed by atoms with van der Waals surface area (Å²) in [6.07, 6.45) is 4.63. The van der Waals surface area contributed by atoms with Gasteiger partial charge in [-0.1, -0.05) is 6.92 Å². The molecule has 1 radical (unpaired) electrons. The minimum Gasteiger partial charge on any atom is -0.505 e. The number of aliphatic imine (C=N–C) groups is 1. The maximum atomic E-state index is 3.90. The van der Waals surface area contributed by atoms with Gasteiger partial charge in [0.25, 0.3) is 0 Å². The molecule has 8 heavy (non-hydrogen) atoms. The number of nitrogens with zero attached hydrogens (tertiary/aromatic N) is 1. The molecule has 45 valence electrons. The van der Waals surface area contributed by atoms with E-state index in [4.69, 9.17) is 0 Å². The quantitative estimate of drug-likeness (QED) is 0.468. The van der Waals surface area contributed by atoms with Gasteiger partial charge >= 0.3 is 0 Å². The van der Waals surface area contributed by atoms with Crippen molar-refractivity contribution >= 4 is 6.21 Å². The Morgan fingerprint density at radius 2 is 2.25 bits per heavy atom. The summed E-state index contributed by atoms with van der Waals surface area (Å²) in [5.74, 6) is 0. The molecule has 0 aliphatic rings. The smallest absolute Gasteiger partial charge is 0 e. The molecule has 0 N–H and O–H groups in total. The van der Waals surface area contributed by atoms with Crippen molar-refractivity contribution in [2.75, 3.05) is 6.54 Å². The molecule has 0 aliphatic heterocycles. The van der Waals surface area contributed by atoms with E-state index in [0.29, 0.717) is 0 Å². The molecule has 0 saturated carbocycles. The van der Waals surface area contributed by atoms with E-state index in [1.807, 2.05) is 6.92 Å². The fourth-order valence-corrected chi connectivity index (χ4v) is 0.270. The zero-order valence-electron chi connectivity index (χ0n) is 5.35. The molecule has 0 amide bonds. The maximum absolute atomic E-state index is 3.90. The molecule has 0 aromatic carbocycles. The van der Waals surface area contributed by atoms with Gasteiger partial charge in [-0.2, -0.15) is 12.8 Å². The van der Waals surface area contributed by atoms with Crippen molar-refractivity contribution in [1.82, 2.24) is 0 Å². The molecule has 0 aromatic heterocycles. The Labute approximate surface area is 76.8 Å². The van der Waals surface area contributed by atoms with Gasteiger partial charge in [0.15, 0.2) is 0 Å². The third kappa shape index (κ3) is 9.91. The van der Waals surface area contributed by atoms with Crippen molar-refractivity contribution in [3.05, 3.63) is 6.92 Å². The van der Waals surface area contributed by atoms with E-state index >= 15 is 0 Å². The summed E-state index contributed by atoms with van der Waals surface area (Å²) in [5.41, 5.74) is 0. The molecule has 0 saturated heterocycles. The monoisotopic (exact) mass is 186 g/mol. The first-order chi connectivity index (χ1) is 3.41. The van der Waals surface area contributed by atoms with Crippen molar-refractivity contribution in [1.29, 1.82) is 0 Å².